The molecule has 0 aliphatic heterocycles. The summed E-state index contributed by atoms with van der Waals surface area (Å²) in [7, 11) is 1.56. The van der Waals surface area contributed by atoms with Crippen LogP contribution in [0.4, 0.5) is 10.5 Å². The minimum atomic E-state index is -1.13. The first-order chi connectivity index (χ1) is 9.90. The zero-order valence-corrected chi connectivity index (χ0v) is 13.0. The topological polar surface area (TPSA) is 78.9 Å². The Morgan fingerprint density at radius 2 is 2.14 bits per heavy atom. The van der Waals surface area contributed by atoms with E-state index in [1.165, 1.54) is 18.2 Å². The van der Waals surface area contributed by atoms with Crippen molar-refractivity contribution in [3.05, 3.63) is 28.8 Å². The van der Waals surface area contributed by atoms with E-state index in [4.69, 9.17) is 21.4 Å². The van der Waals surface area contributed by atoms with Crippen LogP contribution >= 0.6 is 11.6 Å². The number of carboxylic acids is 1. The average molecular weight is 315 g/mol. The monoisotopic (exact) mass is 314 g/mol. The summed E-state index contributed by atoms with van der Waals surface area (Å²) in [6, 6.07) is 3.71. The lowest BCUT2D eigenvalue weighted by molar-refractivity contribution is 0.0698. The second kappa shape index (κ2) is 7.85. The molecule has 0 saturated carbocycles. The highest BCUT2D eigenvalue weighted by Gasteiger charge is 2.20. The Morgan fingerprint density at radius 3 is 2.67 bits per heavy atom. The van der Waals surface area contributed by atoms with Crippen LogP contribution < -0.4 is 5.32 Å². The van der Waals surface area contributed by atoms with Crippen molar-refractivity contribution in [3.8, 4) is 0 Å². The summed E-state index contributed by atoms with van der Waals surface area (Å²) in [6.07, 6.45) is 0. The van der Waals surface area contributed by atoms with E-state index < -0.39 is 12.0 Å². The largest absolute Gasteiger partial charge is 0.478 e. The number of nitrogens with one attached hydrogen (secondary N) is 1. The zero-order chi connectivity index (χ0) is 16.0. The molecule has 0 aliphatic rings. The molecule has 0 bridgehead atoms. The number of rotatable bonds is 6. The van der Waals surface area contributed by atoms with Crippen molar-refractivity contribution in [1.29, 1.82) is 0 Å². The number of urea groups is 1. The molecule has 0 spiro atoms. The first kappa shape index (κ1) is 17.3. The Kier molecular flexibility index (Phi) is 6.45. The molecule has 21 heavy (non-hydrogen) atoms. The minimum absolute atomic E-state index is 0.0109. The summed E-state index contributed by atoms with van der Waals surface area (Å²) in [6.45, 7) is 4.55. The number of hydrogen-bond donors (Lipinski definition) is 2. The van der Waals surface area contributed by atoms with Gasteiger partial charge in [0, 0.05) is 18.7 Å². The SMILES string of the molecule is CCN(C(=O)Nc1cc(Cl)ccc1C(=O)O)C(C)COC. The molecule has 1 atom stereocenters. The smallest absolute Gasteiger partial charge is 0.337 e. The lowest BCUT2D eigenvalue weighted by atomic mass is 10.2. The summed E-state index contributed by atoms with van der Waals surface area (Å²) in [5.74, 6) is -1.13. The first-order valence-corrected chi connectivity index (χ1v) is 6.87. The van der Waals surface area contributed by atoms with Crippen molar-refractivity contribution in [2.24, 2.45) is 0 Å². The maximum atomic E-state index is 12.3. The van der Waals surface area contributed by atoms with Gasteiger partial charge in [-0.05, 0) is 32.0 Å². The Balaban J connectivity index is 2.96. The van der Waals surface area contributed by atoms with Gasteiger partial charge in [-0.3, -0.25) is 0 Å². The zero-order valence-electron chi connectivity index (χ0n) is 12.2. The fraction of sp³-hybridized carbons (Fsp3) is 0.429. The van der Waals surface area contributed by atoms with Crippen molar-refractivity contribution in [2.75, 3.05) is 25.6 Å². The maximum Gasteiger partial charge on any atom is 0.337 e. The van der Waals surface area contributed by atoms with Gasteiger partial charge in [-0.2, -0.15) is 0 Å². The third-order valence-corrected chi connectivity index (χ3v) is 3.23. The van der Waals surface area contributed by atoms with E-state index in [-0.39, 0.29) is 17.3 Å². The van der Waals surface area contributed by atoms with Gasteiger partial charge < -0.3 is 20.1 Å². The lowest BCUT2D eigenvalue weighted by Gasteiger charge is -2.28. The number of ether oxygens (including phenoxy) is 1. The van der Waals surface area contributed by atoms with Crippen molar-refractivity contribution in [1.82, 2.24) is 4.90 Å². The quantitative estimate of drug-likeness (QED) is 0.846. The maximum absolute atomic E-state index is 12.3. The van der Waals surface area contributed by atoms with Crippen LogP contribution in [0.2, 0.25) is 5.02 Å². The average Bonchev–Trinajstić information content (AvgIpc) is 2.39. The van der Waals surface area contributed by atoms with E-state index in [0.29, 0.717) is 18.2 Å². The van der Waals surface area contributed by atoms with E-state index in [9.17, 15) is 9.59 Å². The number of carbonyl (C=O) groups excluding carboxylic acids is 1. The highest BCUT2D eigenvalue weighted by Crippen LogP contribution is 2.22. The fourth-order valence-corrected chi connectivity index (χ4v) is 2.15. The molecule has 1 aromatic carbocycles. The molecule has 116 valence electrons. The van der Waals surface area contributed by atoms with E-state index in [0.717, 1.165) is 0 Å². The molecular formula is C14H19ClN2O4. The van der Waals surface area contributed by atoms with Crippen LogP contribution in [-0.2, 0) is 4.74 Å². The third kappa shape index (κ3) is 4.61. The van der Waals surface area contributed by atoms with E-state index in [2.05, 4.69) is 5.32 Å². The number of carbonyl (C=O) groups is 2. The molecule has 6 nitrogen and oxygen atoms in total. The minimum Gasteiger partial charge on any atom is -0.478 e. The van der Waals surface area contributed by atoms with Crippen molar-refractivity contribution in [3.63, 3.8) is 0 Å². The molecule has 1 rings (SSSR count). The molecule has 1 unspecified atom stereocenters. The molecule has 1 aromatic rings. The number of nitrogens with zero attached hydrogens (tertiary/aromatic N) is 1. The van der Waals surface area contributed by atoms with Gasteiger partial charge in [0.2, 0.25) is 0 Å². The summed E-state index contributed by atoms with van der Waals surface area (Å²) >= 11 is 5.85. The third-order valence-electron chi connectivity index (χ3n) is 3.00. The number of anilines is 1. The van der Waals surface area contributed by atoms with Gasteiger partial charge in [0.25, 0.3) is 0 Å². The summed E-state index contributed by atoms with van der Waals surface area (Å²) in [4.78, 5) is 25.0. The second-order valence-corrected chi connectivity index (χ2v) is 4.95. The van der Waals surface area contributed by atoms with Crippen molar-refractivity contribution < 1.29 is 19.4 Å². The number of carboxylic acid groups (broad SMARTS) is 1. The fourth-order valence-electron chi connectivity index (χ4n) is 1.98. The van der Waals surface area contributed by atoms with Crippen LogP contribution in [-0.4, -0.2) is 48.3 Å². The van der Waals surface area contributed by atoms with Gasteiger partial charge in [-0.15, -0.1) is 0 Å². The predicted molar refractivity (Wildman–Crippen MR) is 81.1 cm³/mol. The summed E-state index contributed by atoms with van der Waals surface area (Å²) < 4.78 is 5.03. The Morgan fingerprint density at radius 1 is 1.48 bits per heavy atom. The molecule has 0 aliphatic carbocycles. The highest BCUT2D eigenvalue weighted by molar-refractivity contribution is 6.31. The van der Waals surface area contributed by atoms with Crippen LogP contribution in [0.5, 0.6) is 0 Å². The molecule has 0 fully saturated rings. The molecule has 0 saturated heterocycles. The Hall–Kier alpha value is -1.79. The molecule has 0 radical (unpaired) electrons. The van der Waals surface area contributed by atoms with Gasteiger partial charge in [-0.1, -0.05) is 11.6 Å². The van der Waals surface area contributed by atoms with Gasteiger partial charge in [-0.25, -0.2) is 9.59 Å². The highest BCUT2D eigenvalue weighted by atomic mass is 35.5. The van der Waals surface area contributed by atoms with Gasteiger partial charge in [0.1, 0.15) is 0 Å². The Bertz CT molecular complexity index is 522. The number of amides is 2. The van der Waals surface area contributed by atoms with E-state index in [1.54, 1.807) is 12.0 Å². The molecule has 0 aromatic heterocycles. The van der Waals surface area contributed by atoms with Crippen LogP contribution in [0.1, 0.15) is 24.2 Å². The normalized spacial score (nSPS) is 11.8. The standard InChI is InChI=1S/C14H19ClN2O4/c1-4-17(9(2)8-21-3)14(20)16-12-7-10(15)5-6-11(12)13(18)19/h5-7,9H,4,8H2,1-3H3,(H,16,20)(H,18,19). The molecule has 2 amide bonds. The van der Waals surface area contributed by atoms with E-state index >= 15 is 0 Å². The predicted octanol–water partition coefficient (Wildman–Crippen LogP) is 2.93. The number of benzene rings is 1. The van der Waals surface area contributed by atoms with Gasteiger partial charge in [0.05, 0.1) is 23.9 Å². The number of hydrogen-bond acceptors (Lipinski definition) is 3. The van der Waals surface area contributed by atoms with Crippen LogP contribution in [0.15, 0.2) is 18.2 Å². The number of methoxy groups -OCH3 is 1. The number of aromatic carboxylic acids is 1. The van der Waals surface area contributed by atoms with Crippen LogP contribution in [0, 0.1) is 0 Å². The molecule has 2 N–H and O–H groups in total. The number of likely N-dealkylation sites (N-methyl/N-ethyl adjacent to an activating group) is 1. The molecule has 7 heteroatoms. The summed E-state index contributed by atoms with van der Waals surface area (Å²) in [5, 5.41) is 12.1. The number of halogens is 1. The van der Waals surface area contributed by atoms with Crippen LogP contribution in [0.25, 0.3) is 0 Å². The Labute approximate surface area is 128 Å². The summed E-state index contributed by atoms with van der Waals surface area (Å²) in [5.41, 5.74) is 0.159. The van der Waals surface area contributed by atoms with Crippen molar-refractivity contribution >= 4 is 29.3 Å². The van der Waals surface area contributed by atoms with Gasteiger partial charge in [0.15, 0.2) is 0 Å². The first-order valence-electron chi connectivity index (χ1n) is 6.50. The second-order valence-electron chi connectivity index (χ2n) is 4.52. The van der Waals surface area contributed by atoms with E-state index in [1.807, 2.05) is 13.8 Å². The lowest BCUT2D eigenvalue weighted by Crippen LogP contribution is -2.43. The van der Waals surface area contributed by atoms with Gasteiger partial charge >= 0.3 is 12.0 Å². The molecule has 0 heterocycles. The van der Waals surface area contributed by atoms with Crippen molar-refractivity contribution in [2.45, 2.75) is 19.9 Å². The van der Waals surface area contributed by atoms with Crippen LogP contribution in [0.3, 0.4) is 0 Å². The molecular weight excluding hydrogens is 296 g/mol.